The van der Waals surface area contributed by atoms with E-state index >= 15 is 0 Å². The van der Waals surface area contributed by atoms with Crippen LogP contribution in [0.5, 0.6) is 0 Å². The fourth-order valence-electron chi connectivity index (χ4n) is 1.61. The first kappa shape index (κ1) is 9.23. The van der Waals surface area contributed by atoms with E-state index in [1.165, 1.54) is 0 Å². The third kappa shape index (κ3) is 1.65. The average Bonchev–Trinajstić information content (AvgIpc) is 2.49. The molecule has 0 bridgehead atoms. The summed E-state index contributed by atoms with van der Waals surface area (Å²) in [5.74, 6) is 0.232. The van der Waals surface area contributed by atoms with Crippen LogP contribution in [0.1, 0.15) is 26.7 Å². The molecule has 0 saturated carbocycles. The number of nitrogens with zero attached hydrogens (tertiary/aromatic N) is 1. The Labute approximate surface area is 72.7 Å². The van der Waals surface area contributed by atoms with Crippen LogP contribution in [0, 0.1) is 5.92 Å². The van der Waals surface area contributed by atoms with Crippen LogP contribution in [0.15, 0.2) is 0 Å². The molecule has 1 aliphatic heterocycles. The maximum absolute atomic E-state index is 11.5. The maximum atomic E-state index is 11.5. The van der Waals surface area contributed by atoms with Crippen LogP contribution in [-0.4, -0.2) is 29.7 Å². The molecule has 1 rings (SSSR count). The van der Waals surface area contributed by atoms with Gasteiger partial charge in [-0.15, -0.1) is 0 Å². The summed E-state index contributed by atoms with van der Waals surface area (Å²) >= 11 is 0. The summed E-state index contributed by atoms with van der Waals surface area (Å²) in [7, 11) is 0. The summed E-state index contributed by atoms with van der Waals surface area (Å²) in [6.45, 7) is 4.50. The number of ketones is 1. The predicted molar refractivity (Wildman–Crippen MR) is 45.6 cm³/mol. The number of Topliss-reactive ketones (excluding diaryl/α,β-unsaturated/α-hetero) is 1. The van der Waals surface area contributed by atoms with Gasteiger partial charge in [-0.2, -0.15) is 0 Å². The van der Waals surface area contributed by atoms with Crippen LogP contribution < -0.4 is 0 Å². The zero-order chi connectivity index (χ0) is 9.14. The minimum absolute atomic E-state index is 0.0375. The van der Waals surface area contributed by atoms with Crippen molar-refractivity contribution < 1.29 is 9.59 Å². The third-order valence-corrected chi connectivity index (χ3v) is 2.33. The van der Waals surface area contributed by atoms with Gasteiger partial charge in [-0.25, -0.2) is 0 Å². The number of hydrogen-bond donors (Lipinski definition) is 0. The van der Waals surface area contributed by atoms with Crippen LogP contribution in [-0.2, 0) is 9.59 Å². The fraction of sp³-hybridized carbons (Fsp3) is 0.778. The lowest BCUT2D eigenvalue weighted by Gasteiger charge is -2.19. The molecule has 3 heteroatoms. The number of amides is 1. The van der Waals surface area contributed by atoms with Crippen molar-refractivity contribution in [2.75, 3.05) is 6.54 Å². The van der Waals surface area contributed by atoms with Crippen molar-refractivity contribution in [3.8, 4) is 0 Å². The summed E-state index contributed by atoms with van der Waals surface area (Å²) in [6, 6.07) is -0.137. The van der Waals surface area contributed by atoms with Gasteiger partial charge in [-0.3, -0.25) is 9.59 Å². The highest BCUT2D eigenvalue weighted by atomic mass is 16.1. The lowest BCUT2D eigenvalue weighted by molar-refractivity contribution is -0.131. The van der Waals surface area contributed by atoms with Crippen LogP contribution in [0.25, 0.3) is 0 Å². The van der Waals surface area contributed by atoms with Crippen LogP contribution in [0.3, 0.4) is 0 Å². The number of carbonyl (C=O) groups is 2. The molecule has 68 valence electrons. The summed E-state index contributed by atoms with van der Waals surface area (Å²) < 4.78 is 0. The van der Waals surface area contributed by atoms with Gasteiger partial charge in [-0.1, -0.05) is 13.8 Å². The third-order valence-electron chi connectivity index (χ3n) is 2.33. The van der Waals surface area contributed by atoms with Gasteiger partial charge in [0.1, 0.15) is 0 Å². The molecule has 1 aliphatic rings. The number of carbonyl (C=O) groups excluding carboxylic acids is 2. The Kier molecular flexibility index (Phi) is 2.84. The molecule has 12 heavy (non-hydrogen) atoms. The van der Waals surface area contributed by atoms with Gasteiger partial charge >= 0.3 is 0 Å². The van der Waals surface area contributed by atoms with Gasteiger partial charge < -0.3 is 4.90 Å². The molecule has 0 aromatic carbocycles. The Balaban J connectivity index is 2.61. The second-order valence-corrected chi connectivity index (χ2v) is 3.56. The highest BCUT2D eigenvalue weighted by Gasteiger charge is 2.30. The van der Waals surface area contributed by atoms with Gasteiger partial charge in [0.15, 0.2) is 5.78 Å². The van der Waals surface area contributed by atoms with Gasteiger partial charge in [0.05, 0.1) is 6.04 Å². The van der Waals surface area contributed by atoms with Crippen molar-refractivity contribution in [1.29, 1.82) is 0 Å². The molecule has 1 fully saturated rings. The van der Waals surface area contributed by atoms with E-state index < -0.39 is 0 Å². The second-order valence-electron chi connectivity index (χ2n) is 3.56. The summed E-state index contributed by atoms with van der Waals surface area (Å²) in [5, 5.41) is 0. The number of likely N-dealkylation sites (tertiary alicyclic amines) is 1. The van der Waals surface area contributed by atoms with Crippen molar-refractivity contribution in [1.82, 2.24) is 4.90 Å². The quantitative estimate of drug-likeness (QED) is 0.587. The minimum Gasteiger partial charge on any atom is -0.335 e. The summed E-state index contributed by atoms with van der Waals surface area (Å²) in [5.41, 5.74) is 0. The number of rotatable bonds is 3. The number of hydrogen-bond acceptors (Lipinski definition) is 2. The molecule has 0 radical (unpaired) electrons. The molecule has 0 aliphatic carbocycles. The summed E-state index contributed by atoms with van der Waals surface area (Å²) in [4.78, 5) is 23.6. The SMILES string of the molecule is CC(C)C(=O)C1CCCN1C=O. The van der Waals surface area contributed by atoms with Crippen LogP contribution in [0.4, 0.5) is 0 Å². The van der Waals surface area contributed by atoms with E-state index in [2.05, 4.69) is 0 Å². The predicted octanol–water partition coefficient (Wildman–Crippen LogP) is 0.832. The van der Waals surface area contributed by atoms with E-state index in [4.69, 9.17) is 0 Å². The molecule has 1 amide bonds. The molecule has 1 unspecified atom stereocenters. The molecule has 0 spiro atoms. The Hall–Kier alpha value is -0.860. The Bertz CT molecular complexity index is 189. The minimum atomic E-state index is -0.137. The molecule has 1 heterocycles. The van der Waals surface area contributed by atoms with E-state index in [1.807, 2.05) is 13.8 Å². The van der Waals surface area contributed by atoms with E-state index in [-0.39, 0.29) is 17.7 Å². The van der Waals surface area contributed by atoms with Crippen molar-refractivity contribution in [3.05, 3.63) is 0 Å². The van der Waals surface area contributed by atoms with Crippen molar-refractivity contribution >= 4 is 12.2 Å². The molecule has 3 nitrogen and oxygen atoms in total. The van der Waals surface area contributed by atoms with Crippen molar-refractivity contribution in [2.24, 2.45) is 5.92 Å². The lowest BCUT2D eigenvalue weighted by atomic mass is 10.0. The van der Waals surface area contributed by atoms with Gasteiger partial charge in [0.25, 0.3) is 0 Å². The normalized spacial score (nSPS) is 23.2. The van der Waals surface area contributed by atoms with Gasteiger partial charge in [-0.05, 0) is 12.8 Å². The highest BCUT2D eigenvalue weighted by molar-refractivity contribution is 5.87. The monoisotopic (exact) mass is 169 g/mol. The summed E-state index contributed by atoms with van der Waals surface area (Å²) in [6.07, 6.45) is 2.59. The van der Waals surface area contributed by atoms with E-state index in [1.54, 1.807) is 4.90 Å². The standard InChI is InChI=1S/C9H15NO2/c1-7(2)9(12)8-4-3-5-10(8)6-11/h6-8H,3-5H2,1-2H3. The molecule has 1 atom stereocenters. The topological polar surface area (TPSA) is 37.4 Å². The largest absolute Gasteiger partial charge is 0.335 e. The zero-order valence-corrected chi connectivity index (χ0v) is 7.62. The molecule has 1 saturated heterocycles. The van der Waals surface area contributed by atoms with Crippen LogP contribution >= 0.6 is 0 Å². The van der Waals surface area contributed by atoms with Crippen LogP contribution in [0.2, 0.25) is 0 Å². The van der Waals surface area contributed by atoms with E-state index in [0.29, 0.717) is 0 Å². The lowest BCUT2D eigenvalue weighted by Crippen LogP contribution is -2.37. The first-order valence-corrected chi connectivity index (χ1v) is 4.41. The van der Waals surface area contributed by atoms with Crippen molar-refractivity contribution in [2.45, 2.75) is 32.7 Å². The Morgan fingerprint density at radius 1 is 1.58 bits per heavy atom. The first-order valence-electron chi connectivity index (χ1n) is 4.41. The average molecular weight is 169 g/mol. The molecule has 0 N–H and O–H groups in total. The molecular formula is C9H15NO2. The molecular weight excluding hydrogens is 154 g/mol. The van der Waals surface area contributed by atoms with Gasteiger partial charge in [0.2, 0.25) is 6.41 Å². The molecule has 0 aromatic heterocycles. The first-order chi connectivity index (χ1) is 5.66. The highest BCUT2D eigenvalue weighted by Crippen LogP contribution is 2.18. The zero-order valence-electron chi connectivity index (χ0n) is 7.62. The Morgan fingerprint density at radius 3 is 2.75 bits per heavy atom. The second kappa shape index (κ2) is 3.70. The van der Waals surface area contributed by atoms with E-state index in [9.17, 15) is 9.59 Å². The van der Waals surface area contributed by atoms with E-state index in [0.717, 1.165) is 25.8 Å². The molecule has 0 aromatic rings. The van der Waals surface area contributed by atoms with Crippen molar-refractivity contribution in [3.63, 3.8) is 0 Å². The fourth-order valence-corrected chi connectivity index (χ4v) is 1.61. The van der Waals surface area contributed by atoms with Gasteiger partial charge in [0, 0.05) is 12.5 Å². The Morgan fingerprint density at radius 2 is 2.25 bits per heavy atom. The maximum Gasteiger partial charge on any atom is 0.210 e. The smallest absolute Gasteiger partial charge is 0.210 e.